The van der Waals surface area contributed by atoms with Gasteiger partial charge in [-0.15, -0.1) is 0 Å². The average Bonchev–Trinajstić information content (AvgIpc) is 2.96. The van der Waals surface area contributed by atoms with Gasteiger partial charge in [0, 0.05) is 19.3 Å². The third-order valence-electron chi connectivity index (χ3n) is 2.46. The van der Waals surface area contributed by atoms with Crippen molar-refractivity contribution in [3.05, 3.63) is 29.8 Å². The van der Waals surface area contributed by atoms with Gasteiger partial charge in [0.1, 0.15) is 17.1 Å². The van der Waals surface area contributed by atoms with Crippen LogP contribution >= 0.6 is 0 Å². The summed E-state index contributed by atoms with van der Waals surface area (Å²) in [6.07, 6.45) is -18.9. The molecule has 1 fully saturated rings. The zero-order valence-electron chi connectivity index (χ0n) is 23.8. The number of nitrogens with zero attached hydrogens (tertiary/aromatic N) is 1. The van der Waals surface area contributed by atoms with Crippen molar-refractivity contribution < 1.29 is 28.8 Å². The molecule has 2 aliphatic rings. The normalized spacial score (nSPS) is 45.6. The summed E-state index contributed by atoms with van der Waals surface area (Å²) in [7, 11) is 1.13. The third kappa shape index (κ3) is 2.23. The predicted octanol–water partition coefficient (Wildman–Crippen LogP) is 2.27. The molecule has 100 valence electrons. The van der Waals surface area contributed by atoms with Gasteiger partial charge in [0.25, 0.3) is 5.91 Å². The Labute approximate surface area is 132 Å². The highest BCUT2D eigenvalue weighted by atomic mass is 16.5. The zero-order chi connectivity index (χ0) is 25.7. The third-order valence-corrected chi connectivity index (χ3v) is 2.46. The topological polar surface area (TPSA) is 50.7 Å². The molecule has 3 rings (SSSR count). The van der Waals surface area contributed by atoms with Gasteiger partial charge in [-0.1, -0.05) is 6.37 Å². The number of amides is 1. The highest BCUT2D eigenvalue weighted by molar-refractivity contribution is 6.46. The molecular weight excluding hydrogens is 240 g/mol. The van der Waals surface area contributed by atoms with Gasteiger partial charge in [-0.2, -0.15) is 0 Å². The summed E-state index contributed by atoms with van der Waals surface area (Å²) in [5.74, 6) is -1.88. The van der Waals surface area contributed by atoms with Crippen LogP contribution in [-0.2, 0) is 4.79 Å². The fraction of sp³-hybridized carbons (Fsp3) is 0.467. The van der Waals surface area contributed by atoms with Gasteiger partial charge in [0.15, 0.2) is 1.41 Å². The number of aliphatic imine (C=N–C) groups is 1. The summed E-state index contributed by atoms with van der Waals surface area (Å²) < 4.78 is 118. The summed E-state index contributed by atoms with van der Waals surface area (Å²) in [4.78, 5) is 16.6. The Morgan fingerprint density at radius 1 is 1.42 bits per heavy atom. The first kappa shape index (κ1) is 4.08. The fourth-order valence-corrected chi connectivity index (χ4v) is 1.59. The SMILES string of the molecule is [2H]c1cc(C2=NC3(N([2H])C2=O)C([2H])([2H])C([2H])([2H])C([2H])([2H])C([2H])([2H])C3([2H])[2H])c([2H])c([2H])c1OC. The van der Waals surface area contributed by atoms with Crippen molar-refractivity contribution in [1.82, 2.24) is 5.31 Å². The maximum Gasteiger partial charge on any atom is 0.272 e. The fourth-order valence-electron chi connectivity index (χ4n) is 1.59. The molecule has 1 N–H and O–H groups in total. The maximum atomic E-state index is 13.0. The quantitative estimate of drug-likeness (QED) is 0.898. The largest absolute Gasteiger partial charge is 0.497 e. The summed E-state index contributed by atoms with van der Waals surface area (Å²) in [5.41, 5.74) is -5.10. The maximum absolute atomic E-state index is 13.0. The first-order chi connectivity index (χ1) is 14.7. The van der Waals surface area contributed by atoms with E-state index in [2.05, 4.69) is 4.99 Å². The van der Waals surface area contributed by atoms with Crippen molar-refractivity contribution in [2.45, 2.75) is 37.5 Å². The number of carbonyl (C=O) groups is 1. The monoisotopic (exact) mass is 272 g/mol. The van der Waals surface area contributed by atoms with E-state index in [0.29, 0.717) is 0 Å². The predicted molar refractivity (Wildman–Crippen MR) is 73.5 cm³/mol. The number of hydrogen-bond donors (Lipinski definition) is 1. The Bertz CT molecular complexity index is 1050. The molecule has 0 radical (unpaired) electrons. The molecule has 4 nitrogen and oxygen atoms in total. The van der Waals surface area contributed by atoms with Crippen LogP contribution in [0.2, 0.25) is 1.41 Å². The first-order valence-electron chi connectivity index (χ1n) is 12.2. The van der Waals surface area contributed by atoms with E-state index in [9.17, 15) is 4.79 Å². The number of rotatable bonds is 2. The lowest BCUT2D eigenvalue weighted by molar-refractivity contribution is -0.115. The van der Waals surface area contributed by atoms with Crippen LogP contribution in [0.4, 0.5) is 0 Å². The van der Waals surface area contributed by atoms with E-state index in [4.69, 9.17) is 24.0 Å². The van der Waals surface area contributed by atoms with Crippen LogP contribution in [0, 0.1) is 0 Å². The number of nitrogens with one attached hydrogen (secondary N) is 1. The van der Waals surface area contributed by atoms with Crippen molar-refractivity contribution >= 4 is 11.6 Å². The molecule has 1 aliphatic heterocycles. The van der Waals surface area contributed by atoms with Crippen molar-refractivity contribution in [3.63, 3.8) is 0 Å². The van der Waals surface area contributed by atoms with E-state index in [1.54, 1.807) is 0 Å². The molecule has 1 aromatic rings. The smallest absolute Gasteiger partial charge is 0.272 e. The molecule has 0 saturated heterocycles. The van der Waals surface area contributed by atoms with Crippen molar-refractivity contribution in [2.75, 3.05) is 7.11 Å². The Morgan fingerprint density at radius 3 is 2.95 bits per heavy atom. The molecule has 4 heteroatoms. The molecule has 1 spiro atoms. The molecular formula is C15H18N2O2. The minimum Gasteiger partial charge on any atom is -0.497 e. The summed E-state index contributed by atoms with van der Waals surface area (Å²) in [6.45, 7) is 0. The van der Waals surface area contributed by atoms with Crippen LogP contribution in [-0.4, -0.2) is 24.4 Å². The van der Waals surface area contributed by atoms with Gasteiger partial charge >= 0.3 is 0 Å². The Kier molecular flexibility index (Phi) is 1.00. The van der Waals surface area contributed by atoms with Gasteiger partial charge < -0.3 is 10.0 Å². The second kappa shape index (κ2) is 4.68. The van der Waals surface area contributed by atoms with Gasteiger partial charge in [-0.3, -0.25) is 9.79 Å². The molecule has 0 atom stereocenters. The second-order valence-electron chi connectivity index (χ2n) is 3.66. The molecule has 19 heavy (non-hydrogen) atoms. The van der Waals surface area contributed by atoms with Crippen LogP contribution in [0.3, 0.4) is 0 Å². The molecule has 0 unspecified atom stereocenters. The van der Waals surface area contributed by atoms with Crippen LogP contribution in [0.1, 0.15) is 55.2 Å². The lowest BCUT2D eigenvalue weighted by Gasteiger charge is -2.30. The second-order valence-corrected chi connectivity index (χ2v) is 3.66. The van der Waals surface area contributed by atoms with Crippen LogP contribution in [0.15, 0.2) is 29.2 Å². The summed E-state index contributed by atoms with van der Waals surface area (Å²) in [5, 5.41) is -0.385. The molecule has 0 aromatic heterocycles. The zero-order valence-corrected chi connectivity index (χ0v) is 9.79. The van der Waals surface area contributed by atoms with E-state index < -0.39 is 72.8 Å². The van der Waals surface area contributed by atoms with Gasteiger partial charge in [-0.25, -0.2) is 0 Å². The van der Waals surface area contributed by atoms with E-state index in [1.165, 1.54) is 0 Å². The summed E-state index contributed by atoms with van der Waals surface area (Å²) >= 11 is 0. The van der Waals surface area contributed by atoms with Gasteiger partial charge in [-0.05, 0) is 49.7 Å². The van der Waals surface area contributed by atoms with Gasteiger partial charge in [0.05, 0.1) is 11.2 Å². The van der Waals surface area contributed by atoms with Crippen molar-refractivity contribution in [1.29, 1.82) is 0 Å². The minimum absolute atomic E-state index is 0.337. The minimum atomic E-state index is -3.79. The van der Waals surface area contributed by atoms with Crippen molar-refractivity contribution in [3.8, 4) is 5.75 Å². The Balaban J connectivity index is 2.44. The Hall–Kier alpha value is -1.84. The molecule has 1 saturated carbocycles. The Morgan fingerprint density at radius 2 is 2.21 bits per heavy atom. The summed E-state index contributed by atoms with van der Waals surface area (Å²) in [6, 6.07) is -1.04. The first-order valence-corrected chi connectivity index (χ1v) is 5.29. The lowest BCUT2D eigenvalue weighted by Crippen LogP contribution is -2.43. The number of benzene rings is 1. The number of ether oxygens (including phenoxy) is 1. The van der Waals surface area contributed by atoms with Crippen LogP contribution < -0.4 is 10.0 Å². The molecule has 1 aliphatic carbocycles. The highest BCUT2D eigenvalue weighted by Gasteiger charge is 2.40. The highest BCUT2D eigenvalue weighted by Crippen LogP contribution is 2.33. The van der Waals surface area contributed by atoms with Crippen LogP contribution in [0.25, 0.3) is 0 Å². The van der Waals surface area contributed by atoms with Crippen LogP contribution in [0.5, 0.6) is 5.75 Å². The standard InChI is InChI=1S/C15H18N2O2/c1-19-12-7-5-11(6-8-12)13-14(18)17-15(16-13)9-3-2-4-10-15/h5-8H,2-4,9-10H2,1H3,(H,17,18)/i2D2,3D2,4D2,5D,7D,8D,9D2,10D2/hD. The van der Waals surface area contributed by atoms with E-state index in [-0.39, 0.29) is 11.1 Å². The van der Waals surface area contributed by atoms with Gasteiger partial charge in [0.2, 0.25) is 0 Å². The van der Waals surface area contributed by atoms with Crippen molar-refractivity contribution in [2.24, 2.45) is 4.99 Å². The van der Waals surface area contributed by atoms with E-state index in [1.807, 2.05) is 0 Å². The van der Waals surface area contributed by atoms with E-state index >= 15 is 0 Å². The number of hydrogen-bond acceptors (Lipinski definition) is 3. The number of methoxy groups -OCH3 is 1. The molecule has 1 amide bonds. The molecule has 1 heterocycles. The lowest BCUT2D eigenvalue weighted by atomic mass is 9.90. The molecule has 1 aromatic carbocycles. The molecule has 0 bridgehead atoms. The average molecular weight is 272 g/mol. The van der Waals surface area contributed by atoms with E-state index in [0.717, 1.165) is 13.2 Å². The number of carbonyl (C=O) groups excluding carboxylic acids is 1.